The Morgan fingerprint density at radius 2 is 1.92 bits per heavy atom. The van der Waals surface area contributed by atoms with E-state index in [0.29, 0.717) is 0 Å². The molecule has 0 aliphatic carbocycles. The molecule has 1 aliphatic heterocycles. The van der Waals surface area contributed by atoms with Crippen LogP contribution in [0.2, 0.25) is 0 Å². The van der Waals surface area contributed by atoms with Crippen molar-refractivity contribution in [1.82, 2.24) is 15.5 Å². The van der Waals surface area contributed by atoms with Crippen molar-refractivity contribution in [1.29, 1.82) is 0 Å². The van der Waals surface area contributed by atoms with Gasteiger partial charge >= 0.3 is 0 Å². The minimum absolute atomic E-state index is 0. The molecule has 2 N–H and O–H groups in total. The first-order chi connectivity index (χ1) is 11.3. The molecule has 1 aliphatic rings. The molecule has 6 heteroatoms. The highest BCUT2D eigenvalue weighted by Crippen LogP contribution is 2.12. The first kappa shape index (κ1) is 21.0. The lowest BCUT2D eigenvalue weighted by molar-refractivity contribution is 0.289. The summed E-state index contributed by atoms with van der Waals surface area (Å²) in [7, 11) is 3.50. The fraction of sp³-hybridized carbons (Fsp3) is 0.611. The van der Waals surface area contributed by atoms with Gasteiger partial charge in [0.05, 0.1) is 7.11 Å². The highest BCUT2D eigenvalue weighted by atomic mass is 127. The zero-order valence-corrected chi connectivity index (χ0v) is 17.2. The number of methoxy groups -OCH3 is 1. The second kappa shape index (κ2) is 12.4. The van der Waals surface area contributed by atoms with Crippen molar-refractivity contribution in [2.45, 2.75) is 32.2 Å². The molecule has 1 fully saturated rings. The van der Waals surface area contributed by atoms with Gasteiger partial charge in [0.1, 0.15) is 5.75 Å². The molecule has 5 nitrogen and oxygen atoms in total. The Balaban J connectivity index is 0.00000288. The van der Waals surface area contributed by atoms with Crippen molar-refractivity contribution in [2.75, 3.05) is 40.3 Å². The fourth-order valence-corrected chi connectivity index (χ4v) is 2.88. The number of aliphatic imine (C=N–C) groups is 1. The summed E-state index contributed by atoms with van der Waals surface area (Å²) in [6.45, 7) is 5.22. The molecular weight excluding hydrogens is 415 g/mol. The predicted molar refractivity (Wildman–Crippen MR) is 112 cm³/mol. The van der Waals surface area contributed by atoms with Crippen molar-refractivity contribution >= 4 is 29.9 Å². The molecule has 0 atom stereocenters. The van der Waals surface area contributed by atoms with Gasteiger partial charge in [-0.3, -0.25) is 4.99 Å². The number of rotatable bonds is 6. The van der Waals surface area contributed by atoms with Gasteiger partial charge in [-0.1, -0.05) is 25.0 Å². The van der Waals surface area contributed by atoms with Gasteiger partial charge in [-0.25, -0.2) is 0 Å². The first-order valence-electron chi connectivity index (χ1n) is 8.61. The van der Waals surface area contributed by atoms with Gasteiger partial charge in [-0.2, -0.15) is 0 Å². The molecule has 0 unspecified atom stereocenters. The molecule has 0 amide bonds. The summed E-state index contributed by atoms with van der Waals surface area (Å²) in [4.78, 5) is 6.84. The zero-order chi connectivity index (χ0) is 16.3. The molecule has 24 heavy (non-hydrogen) atoms. The van der Waals surface area contributed by atoms with Crippen molar-refractivity contribution in [3.8, 4) is 5.75 Å². The lowest BCUT2D eigenvalue weighted by Crippen LogP contribution is -2.41. The van der Waals surface area contributed by atoms with Gasteiger partial charge < -0.3 is 20.3 Å². The Morgan fingerprint density at radius 3 is 2.58 bits per heavy atom. The van der Waals surface area contributed by atoms with Gasteiger partial charge in [0.2, 0.25) is 0 Å². The highest BCUT2D eigenvalue weighted by molar-refractivity contribution is 14.0. The summed E-state index contributed by atoms with van der Waals surface area (Å²) in [5.74, 6) is 1.73. The summed E-state index contributed by atoms with van der Waals surface area (Å²) in [5.41, 5.74) is 1.18. The van der Waals surface area contributed by atoms with E-state index in [1.807, 2.05) is 25.2 Å². The Bertz CT molecular complexity index is 488. The summed E-state index contributed by atoms with van der Waals surface area (Å²) in [5, 5.41) is 6.75. The highest BCUT2D eigenvalue weighted by Gasteiger charge is 2.08. The summed E-state index contributed by atoms with van der Waals surface area (Å²) < 4.78 is 5.25. The second-order valence-corrected chi connectivity index (χ2v) is 5.96. The van der Waals surface area contributed by atoms with Crippen LogP contribution in [0.25, 0.3) is 0 Å². The van der Waals surface area contributed by atoms with E-state index in [0.717, 1.165) is 31.3 Å². The standard InChI is InChI=1S/C18H30N4O.HI/c1-19-18(20-10-13-22-11-5-3-4-6-12-22)21-15-16-8-7-9-17(14-16)23-2;/h7-9,14H,3-6,10-13,15H2,1-2H3,(H2,19,20,21);1H. The lowest BCUT2D eigenvalue weighted by atomic mass is 10.2. The Morgan fingerprint density at radius 1 is 1.17 bits per heavy atom. The Hall–Kier alpha value is -1.02. The lowest BCUT2D eigenvalue weighted by Gasteiger charge is -2.20. The molecule has 136 valence electrons. The third kappa shape index (κ3) is 7.70. The van der Waals surface area contributed by atoms with Crippen LogP contribution in [-0.2, 0) is 6.54 Å². The summed E-state index contributed by atoms with van der Waals surface area (Å²) in [6, 6.07) is 8.08. The van der Waals surface area contributed by atoms with Crippen molar-refractivity contribution in [3.05, 3.63) is 29.8 Å². The summed E-state index contributed by atoms with van der Waals surface area (Å²) >= 11 is 0. The van der Waals surface area contributed by atoms with E-state index in [4.69, 9.17) is 4.74 Å². The fourth-order valence-electron chi connectivity index (χ4n) is 2.88. The zero-order valence-electron chi connectivity index (χ0n) is 14.9. The Kier molecular flexibility index (Phi) is 10.8. The molecule has 2 rings (SSSR count). The predicted octanol–water partition coefficient (Wildman–Crippen LogP) is 2.85. The average molecular weight is 446 g/mol. The van der Waals surface area contributed by atoms with E-state index in [1.54, 1.807) is 7.11 Å². The third-order valence-electron chi connectivity index (χ3n) is 4.24. The van der Waals surface area contributed by atoms with E-state index in [2.05, 4.69) is 26.6 Å². The molecule has 0 radical (unpaired) electrons. The molecule has 1 heterocycles. The quantitative estimate of drug-likeness (QED) is 0.401. The molecule has 1 aromatic rings. The normalized spacial score (nSPS) is 16.0. The van der Waals surface area contributed by atoms with Gasteiger partial charge in [0.25, 0.3) is 0 Å². The van der Waals surface area contributed by atoms with E-state index < -0.39 is 0 Å². The van der Waals surface area contributed by atoms with Crippen LogP contribution in [0.15, 0.2) is 29.3 Å². The Labute approximate surface area is 163 Å². The second-order valence-electron chi connectivity index (χ2n) is 5.96. The SMILES string of the molecule is CN=C(NCCN1CCCCCC1)NCc1cccc(OC)c1.I. The van der Waals surface area contributed by atoms with Crippen molar-refractivity contribution < 1.29 is 4.74 Å². The van der Waals surface area contributed by atoms with E-state index in [-0.39, 0.29) is 24.0 Å². The number of hydrogen-bond acceptors (Lipinski definition) is 3. The van der Waals surface area contributed by atoms with Crippen LogP contribution in [0, 0.1) is 0 Å². The van der Waals surface area contributed by atoms with E-state index in [1.165, 1.54) is 44.3 Å². The number of nitrogens with zero attached hydrogens (tertiary/aromatic N) is 2. The van der Waals surface area contributed by atoms with Crippen LogP contribution in [-0.4, -0.2) is 51.2 Å². The molecule has 0 aromatic heterocycles. The maximum absolute atomic E-state index is 5.25. The van der Waals surface area contributed by atoms with Gasteiger partial charge in [-0.15, -0.1) is 24.0 Å². The number of halogens is 1. The maximum Gasteiger partial charge on any atom is 0.191 e. The topological polar surface area (TPSA) is 48.9 Å². The smallest absolute Gasteiger partial charge is 0.191 e. The van der Waals surface area contributed by atoms with Crippen LogP contribution in [0.1, 0.15) is 31.2 Å². The molecular formula is C18H31IN4O. The molecule has 1 aromatic carbocycles. The van der Waals surface area contributed by atoms with Crippen LogP contribution in [0.5, 0.6) is 5.75 Å². The number of guanidine groups is 1. The van der Waals surface area contributed by atoms with E-state index in [9.17, 15) is 0 Å². The maximum atomic E-state index is 5.25. The monoisotopic (exact) mass is 446 g/mol. The molecule has 0 bridgehead atoms. The molecule has 0 saturated carbocycles. The van der Waals surface area contributed by atoms with Gasteiger partial charge in [-0.05, 0) is 43.6 Å². The van der Waals surface area contributed by atoms with Crippen LogP contribution in [0.3, 0.4) is 0 Å². The van der Waals surface area contributed by atoms with E-state index >= 15 is 0 Å². The average Bonchev–Trinajstić information content (AvgIpc) is 2.87. The van der Waals surface area contributed by atoms with Crippen molar-refractivity contribution in [3.63, 3.8) is 0 Å². The van der Waals surface area contributed by atoms with Gasteiger partial charge in [0.15, 0.2) is 5.96 Å². The number of nitrogens with one attached hydrogen (secondary N) is 2. The minimum Gasteiger partial charge on any atom is -0.497 e. The number of ether oxygens (including phenoxy) is 1. The number of benzene rings is 1. The molecule has 0 spiro atoms. The largest absolute Gasteiger partial charge is 0.497 e. The third-order valence-corrected chi connectivity index (χ3v) is 4.24. The van der Waals surface area contributed by atoms with Crippen molar-refractivity contribution in [2.24, 2.45) is 4.99 Å². The van der Waals surface area contributed by atoms with Crippen LogP contribution in [0.4, 0.5) is 0 Å². The van der Waals surface area contributed by atoms with Crippen LogP contribution < -0.4 is 15.4 Å². The first-order valence-corrected chi connectivity index (χ1v) is 8.61. The molecule has 1 saturated heterocycles. The van der Waals surface area contributed by atoms with Gasteiger partial charge in [0, 0.05) is 26.7 Å². The minimum atomic E-state index is 0. The summed E-state index contributed by atoms with van der Waals surface area (Å²) in [6.07, 6.45) is 5.44. The number of likely N-dealkylation sites (tertiary alicyclic amines) is 1. The van der Waals surface area contributed by atoms with Crippen LogP contribution >= 0.6 is 24.0 Å². The number of hydrogen-bond donors (Lipinski definition) is 2.